The first-order valence-electron chi connectivity index (χ1n) is 5.92. The lowest BCUT2D eigenvalue weighted by atomic mass is 9.91. The molecule has 1 atom stereocenters. The zero-order valence-corrected chi connectivity index (χ0v) is 10.0. The molecule has 1 aromatic rings. The van der Waals surface area contributed by atoms with Crippen LogP contribution in [-0.2, 0) is 6.54 Å². The maximum Gasteiger partial charge on any atom is 0.240 e. The van der Waals surface area contributed by atoms with Gasteiger partial charge in [-0.2, -0.15) is 4.98 Å². The summed E-state index contributed by atoms with van der Waals surface area (Å²) in [5.74, 6) is 2.10. The largest absolute Gasteiger partial charge is 0.338 e. The number of hydrogen-bond acceptors (Lipinski definition) is 5. The van der Waals surface area contributed by atoms with Crippen molar-refractivity contribution < 1.29 is 4.52 Å². The minimum atomic E-state index is 0.313. The molecule has 0 aliphatic carbocycles. The van der Waals surface area contributed by atoms with Crippen molar-refractivity contribution in [3.8, 4) is 0 Å². The Balaban J connectivity index is 1.81. The van der Waals surface area contributed by atoms with E-state index < -0.39 is 0 Å². The van der Waals surface area contributed by atoms with Crippen molar-refractivity contribution in [3.05, 3.63) is 11.7 Å². The van der Waals surface area contributed by atoms with E-state index in [1.165, 1.54) is 12.8 Å². The van der Waals surface area contributed by atoms with Gasteiger partial charge in [-0.3, -0.25) is 4.90 Å². The highest BCUT2D eigenvalue weighted by Gasteiger charge is 2.22. The molecule has 1 fully saturated rings. The quantitative estimate of drug-likeness (QED) is 0.827. The van der Waals surface area contributed by atoms with Gasteiger partial charge in [0.25, 0.3) is 0 Å². The van der Waals surface area contributed by atoms with Crippen molar-refractivity contribution in [1.82, 2.24) is 15.0 Å². The second-order valence-electron chi connectivity index (χ2n) is 4.71. The second-order valence-corrected chi connectivity index (χ2v) is 4.71. The van der Waals surface area contributed by atoms with E-state index in [1.54, 1.807) is 0 Å². The van der Waals surface area contributed by atoms with Crippen molar-refractivity contribution in [2.24, 2.45) is 11.7 Å². The summed E-state index contributed by atoms with van der Waals surface area (Å²) in [6.45, 7) is 6.87. The van der Waals surface area contributed by atoms with Gasteiger partial charge in [0.1, 0.15) is 0 Å². The van der Waals surface area contributed by atoms with Crippen LogP contribution in [0.5, 0.6) is 0 Å². The van der Waals surface area contributed by atoms with Crippen LogP contribution in [0.3, 0.4) is 0 Å². The van der Waals surface area contributed by atoms with Crippen LogP contribution in [-0.4, -0.2) is 34.2 Å². The Morgan fingerprint density at radius 1 is 1.50 bits per heavy atom. The van der Waals surface area contributed by atoms with Crippen LogP contribution in [0.2, 0.25) is 0 Å². The first kappa shape index (κ1) is 11.5. The number of nitrogens with zero attached hydrogens (tertiary/aromatic N) is 3. The van der Waals surface area contributed by atoms with Crippen LogP contribution < -0.4 is 5.73 Å². The summed E-state index contributed by atoms with van der Waals surface area (Å²) in [7, 11) is 0. The molecule has 0 spiro atoms. The molecule has 90 valence electrons. The summed E-state index contributed by atoms with van der Waals surface area (Å²) in [5.41, 5.74) is 5.91. The normalized spacial score (nSPS) is 21.2. The van der Waals surface area contributed by atoms with E-state index in [-0.39, 0.29) is 0 Å². The van der Waals surface area contributed by atoms with Gasteiger partial charge in [0.2, 0.25) is 5.89 Å². The molecular weight excluding hydrogens is 204 g/mol. The van der Waals surface area contributed by atoms with Crippen LogP contribution in [0, 0.1) is 12.8 Å². The molecule has 5 nitrogen and oxygen atoms in total. The van der Waals surface area contributed by atoms with Gasteiger partial charge >= 0.3 is 0 Å². The van der Waals surface area contributed by atoms with Gasteiger partial charge in [0.05, 0.1) is 6.54 Å². The van der Waals surface area contributed by atoms with E-state index in [2.05, 4.69) is 22.0 Å². The van der Waals surface area contributed by atoms with Crippen molar-refractivity contribution in [2.45, 2.75) is 39.3 Å². The van der Waals surface area contributed by atoms with Crippen LogP contribution in [0.4, 0.5) is 0 Å². The molecule has 0 radical (unpaired) electrons. The summed E-state index contributed by atoms with van der Waals surface area (Å²) in [4.78, 5) is 6.57. The second kappa shape index (κ2) is 4.93. The average molecular weight is 224 g/mol. The number of piperidine rings is 1. The van der Waals surface area contributed by atoms with Gasteiger partial charge in [0.15, 0.2) is 5.82 Å². The fraction of sp³-hybridized carbons (Fsp3) is 0.818. The molecule has 1 saturated heterocycles. The van der Waals surface area contributed by atoms with Crippen molar-refractivity contribution >= 4 is 0 Å². The van der Waals surface area contributed by atoms with E-state index in [9.17, 15) is 0 Å². The predicted octanol–water partition coefficient (Wildman–Crippen LogP) is 0.937. The SMILES string of the molecule is Cc1noc(CN2CCC(C(C)N)CC2)n1. The molecule has 1 unspecified atom stereocenters. The molecule has 0 saturated carbocycles. The molecule has 2 rings (SSSR count). The van der Waals surface area contributed by atoms with Crippen molar-refractivity contribution in [1.29, 1.82) is 0 Å². The first-order chi connectivity index (χ1) is 7.65. The third-order valence-electron chi connectivity index (χ3n) is 3.30. The molecule has 0 amide bonds. The Morgan fingerprint density at radius 3 is 2.69 bits per heavy atom. The van der Waals surface area contributed by atoms with Crippen molar-refractivity contribution in [2.75, 3.05) is 13.1 Å². The zero-order valence-electron chi connectivity index (χ0n) is 10.0. The molecular formula is C11H20N4O. The van der Waals surface area contributed by atoms with E-state index in [4.69, 9.17) is 10.3 Å². The van der Waals surface area contributed by atoms with Crippen LogP contribution in [0.1, 0.15) is 31.5 Å². The van der Waals surface area contributed by atoms with E-state index >= 15 is 0 Å². The van der Waals surface area contributed by atoms with Gasteiger partial charge in [0, 0.05) is 6.04 Å². The van der Waals surface area contributed by atoms with Gasteiger partial charge in [-0.25, -0.2) is 0 Å². The van der Waals surface area contributed by atoms with Gasteiger partial charge in [-0.05, 0) is 45.7 Å². The predicted molar refractivity (Wildman–Crippen MR) is 60.7 cm³/mol. The molecule has 0 aromatic carbocycles. The number of nitrogens with two attached hydrogens (primary N) is 1. The maximum atomic E-state index is 5.91. The lowest BCUT2D eigenvalue weighted by Gasteiger charge is -2.32. The van der Waals surface area contributed by atoms with E-state index in [0.29, 0.717) is 17.8 Å². The van der Waals surface area contributed by atoms with Gasteiger partial charge < -0.3 is 10.3 Å². The smallest absolute Gasteiger partial charge is 0.240 e. The number of aromatic nitrogens is 2. The Hall–Kier alpha value is -0.940. The number of hydrogen-bond donors (Lipinski definition) is 1. The standard InChI is InChI=1S/C11H20N4O/c1-8(12)10-3-5-15(6-4-10)7-11-13-9(2)14-16-11/h8,10H,3-7,12H2,1-2H3. The molecule has 16 heavy (non-hydrogen) atoms. The molecule has 2 N–H and O–H groups in total. The zero-order chi connectivity index (χ0) is 11.5. The van der Waals surface area contributed by atoms with Crippen LogP contribution in [0.25, 0.3) is 0 Å². The van der Waals surface area contributed by atoms with Gasteiger partial charge in [-0.1, -0.05) is 5.16 Å². The maximum absolute atomic E-state index is 5.91. The van der Waals surface area contributed by atoms with Crippen molar-refractivity contribution in [3.63, 3.8) is 0 Å². The third-order valence-corrected chi connectivity index (χ3v) is 3.30. The van der Waals surface area contributed by atoms with Crippen LogP contribution >= 0.6 is 0 Å². The highest BCUT2D eigenvalue weighted by Crippen LogP contribution is 2.20. The lowest BCUT2D eigenvalue weighted by Crippen LogP contribution is -2.39. The summed E-state index contributed by atoms with van der Waals surface area (Å²) in [6, 6.07) is 0.313. The third kappa shape index (κ3) is 2.80. The Labute approximate surface area is 96.0 Å². The molecule has 1 aliphatic heterocycles. The Bertz CT molecular complexity index is 328. The highest BCUT2D eigenvalue weighted by molar-refractivity contribution is 4.85. The first-order valence-corrected chi connectivity index (χ1v) is 5.92. The minimum absolute atomic E-state index is 0.313. The molecule has 2 heterocycles. The number of rotatable bonds is 3. The molecule has 0 bridgehead atoms. The summed E-state index contributed by atoms with van der Waals surface area (Å²) < 4.78 is 5.11. The van der Waals surface area contributed by atoms with Crippen LogP contribution in [0.15, 0.2) is 4.52 Å². The summed E-state index contributed by atoms with van der Waals surface area (Å²) >= 11 is 0. The average Bonchev–Trinajstić information content (AvgIpc) is 2.65. The topological polar surface area (TPSA) is 68.2 Å². The highest BCUT2D eigenvalue weighted by atomic mass is 16.5. The monoisotopic (exact) mass is 224 g/mol. The van der Waals surface area contributed by atoms with E-state index in [1.807, 2.05) is 6.92 Å². The fourth-order valence-electron chi connectivity index (χ4n) is 2.23. The lowest BCUT2D eigenvalue weighted by molar-refractivity contribution is 0.150. The molecule has 5 heteroatoms. The summed E-state index contributed by atoms with van der Waals surface area (Å²) in [5, 5.41) is 3.79. The van der Waals surface area contributed by atoms with Gasteiger partial charge in [-0.15, -0.1) is 0 Å². The number of likely N-dealkylation sites (tertiary alicyclic amines) is 1. The minimum Gasteiger partial charge on any atom is -0.338 e. The Morgan fingerprint density at radius 2 is 2.19 bits per heavy atom. The number of aryl methyl sites for hydroxylation is 1. The summed E-state index contributed by atoms with van der Waals surface area (Å²) in [6.07, 6.45) is 2.34. The Kier molecular flexibility index (Phi) is 3.56. The van der Waals surface area contributed by atoms with E-state index in [0.717, 1.165) is 25.5 Å². The fourth-order valence-corrected chi connectivity index (χ4v) is 2.23. The molecule has 1 aromatic heterocycles. The molecule has 1 aliphatic rings.